The van der Waals surface area contributed by atoms with E-state index in [0.717, 1.165) is 23.2 Å². The highest BCUT2D eigenvalue weighted by Gasteiger charge is 2.32. The number of rotatable bonds is 3. The molecule has 2 atom stereocenters. The minimum atomic E-state index is -4.46. The van der Waals surface area contributed by atoms with Crippen LogP contribution in [-0.2, 0) is 6.18 Å². The molecule has 0 amide bonds. The average molecular weight is 384 g/mol. The van der Waals surface area contributed by atoms with Crippen molar-refractivity contribution in [2.75, 3.05) is 6.54 Å². The summed E-state index contributed by atoms with van der Waals surface area (Å²) in [5, 5.41) is 10.5. The Morgan fingerprint density at radius 3 is 2.75 bits per heavy atom. The summed E-state index contributed by atoms with van der Waals surface area (Å²) in [5.41, 5.74) is 6.50. The Labute approximate surface area is 158 Å². The number of aromatic nitrogens is 1. The van der Waals surface area contributed by atoms with Gasteiger partial charge in [-0.25, -0.2) is 5.43 Å². The summed E-state index contributed by atoms with van der Waals surface area (Å²) in [6.45, 7) is 0.535. The molecule has 0 saturated carbocycles. The zero-order chi connectivity index (χ0) is 19.7. The molecule has 2 unspecified atom stereocenters. The fraction of sp³-hybridized carbons (Fsp3) is 0.200. The highest BCUT2D eigenvalue weighted by molar-refractivity contribution is 5.78. The fourth-order valence-electron chi connectivity index (χ4n) is 3.22. The number of hydrogen-bond donors (Lipinski definition) is 2. The van der Waals surface area contributed by atoms with Gasteiger partial charge in [0.1, 0.15) is 17.4 Å². The van der Waals surface area contributed by atoms with E-state index in [0.29, 0.717) is 12.3 Å². The molecule has 8 heteroatoms. The first kappa shape index (κ1) is 18.2. The van der Waals surface area contributed by atoms with Gasteiger partial charge in [0.25, 0.3) is 0 Å². The molecule has 1 saturated heterocycles. The molecule has 0 radical (unpaired) electrons. The van der Waals surface area contributed by atoms with Gasteiger partial charge in [-0.15, -0.1) is 0 Å². The number of allylic oxidation sites excluding steroid dienone is 1. The van der Waals surface area contributed by atoms with E-state index in [1.165, 1.54) is 6.07 Å². The van der Waals surface area contributed by atoms with Gasteiger partial charge in [0.05, 0.1) is 22.9 Å². The number of hydrogen-bond acceptors (Lipinski definition) is 5. The van der Waals surface area contributed by atoms with E-state index >= 15 is 0 Å². The maximum Gasteiger partial charge on any atom is 0.417 e. The molecule has 1 aromatic carbocycles. The van der Waals surface area contributed by atoms with Crippen LogP contribution in [0.1, 0.15) is 23.1 Å². The van der Waals surface area contributed by atoms with Crippen LogP contribution in [0.25, 0.3) is 16.5 Å². The van der Waals surface area contributed by atoms with Crippen molar-refractivity contribution in [1.29, 1.82) is 5.26 Å². The van der Waals surface area contributed by atoms with E-state index in [-0.39, 0.29) is 23.2 Å². The molecule has 2 N–H and O–H groups in total. The molecule has 5 nitrogen and oxygen atoms in total. The van der Waals surface area contributed by atoms with Gasteiger partial charge >= 0.3 is 6.18 Å². The van der Waals surface area contributed by atoms with Crippen LogP contribution in [0.3, 0.4) is 0 Å². The van der Waals surface area contributed by atoms with Crippen LogP contribution < -0.4 is 10.9 Å². The number of nitrogens with zero attached hydrogens (tertiary/aromatic N) is 2. The van der Waals surface area contributed by atoms with Crippen molar-refractivity contribution in [1.82, 2.24) is 15.8 Å². The third-order valence-electron chi connectivity index (χ3n) is 4.64. The summed E-state index contributed by atoms with van der Waals surface area (Å²) in [6, 6.07) is 13.5. The normalized spacial score (nSPS) is 20.4. The van der Waals surface area contributed by atoms with Crippen molar-refractivity contribution in [3.05, 3.63) is 71.8 Å². The van der Waals surface area contributed by atoms with E-state index < -0.39 is 11.7 Å². The molecule has 0 aliphatic carbocycles. The molecule has 3 aromatic rings. The number of furan rings is 1. The second-order valence-electron chi connectivity index (χ2n) is 6.48. The predicted octanol–water partition coefficient (Wildman–Crippen LogP) is 4.22. The van der Waals surface area contributed by atoms with Crippen LogP contribution in [0.5, 0.6) is 0 Å². The molecule has 3 heterocycles. The molecular weight excluding hydrogens is 369 g/mol. The minimum absolute atomic E-state index is 0.140. The standard InChI is InChI=1S/C20H15F3N4O/c21-20(22,23)15-5-6-16(25-11-15)13(9-24)7-14-10-26-27-19(14)18-8-12-3-1-2-4-17(12)28-18/h1-8,11,14,19,26-27H,10H2/b13-7+. The molecule has 28 heavy (non-hydrogen) atoms. The number of alkyl halides is 3. The van der Waals surface area contributed by atoms with Gasteiger partial charge in [0.15, 0.2) is 0 Å². The second-order valence-corrected chi connectivity index (χ2v) is 6.48. The minimum Gasteiger partial charge on any atom is -0.459 e. The lowest BCUT2D eigenvalue weighted by Crippen LogP contribution is -2.24. The number of benzene rings is 1. The van der Waals surface area contributed by atoms with E-state index in [4.69, 9.17) is 4.42 Å². The molecule has 142 valence electrons. The van der Waals surface area contributed by atoms with Gasteiger partial charge in [0, 0.05) is 24.0 Å². The topological polar surface area (TPSA) is 73.9 Å². The highest BCUT2D eigenvalue weighted by atomic mass is 19.4. The number of pyridine rings is 1. The van der Waals surface area contributed by atoms with Crippen LogP contribution >= 0.6 is 0 Å². The lowest BCUT2D eigenvalue weighted by Gasteiger charge is -2.13. The number of nitriles is 1. The number of halogens is 3. The lowest BCUT2D eigenvalue weighted by atomic mass is 9.96. The Kier molecular flexibility index (Phi) is 4.63. The van der Waals surface area contributed by atoms with Crippen LogP contribution in [0.15, 0.2) is 59.2 Å². The summed E-state index contributed by atoms with van der Waals surface area (Å²) in [4.78, 5) is 3.82. The van der Waals surface area contributed by atoms with Gasteiger partial charge in [0.2, 0.25) is 0 Å². The third kappa shape index (κ3) is 3.50. The number of hydrazine groups is 1. The molecule has 4 rings (SSSR count). The summed E-state index contributed by atoms with van der Waals surface area (Å²) in [7, 11) is 0. The number of nitrogens with one attached hydrogen (secondary N) is 2. The van der Waals surface area contributed by atoms with Crippen molar-refractivity contribution in [3.8, 4) is 6.07 Å². The molecule has 1 fully saturated rings. The fourth-order valence-corrected chi connectivity index (χ4v) is 3.22. The SMILES string of the molecule is N#C/C(=C\C1CNNC1c1cc2ccccc2o1)c1ccc(C(F)(F)F)cn1. The summed E-state index contributed by atoms with van der Waals surface area (Å²) < 4.78 is 44.0. The summed E-state index contributed by atoms with van der Waals surface area (Å²) in [6.07, 6.45) is -2.02. The van der Waals surface area contributed by atoms with Crippen molar-refractivity contribution in [2.45, 2.75) is 12.2 Å². The smallest absolute Gasteiger partial charge is 0.417 e. The Hall–Kier alpha value is -3.15. The lowest BCUT2D eigenvalue weighted by molar-refractivity contribution is -0.137. The quantitative estimate of drug-likeness (QED) is 0.662. The van der Waals surface area contributed by atoms with Gasteiger partial charge in [-0.05, 0) is 24.3 Å². The maximum atomic E-state index is 12.7. The zero-order valence-electron chi connectivity index (χ0n) is 14.5. The number of fused-ring (bicyclic) bond motifs is 1. The van der Waals surface area contributed by atoms with Crippen molar-refractivity contribution >= 4 is 16.5 Å². The largest absolute Gasteiger partial charge is 0.459 e. The Morgan fingerprint density at radius 1 is 1.25 bits per heavy atom. The number of para-hydroxylation sites is 1. The first-order chi connectivity index (χ1) is 13.5. The molecule has 0 bridgehead atoms. The first-order valence-electron chi connectivity index (χ1n) is 8.58. The van der Waals surface area contributed by atoms with Crippen LogP contribution in [0.4, 0.5) is 13.2 Å². The van der Waals surface area contributed by atoms with Crippen LogP contribution in [0.2, 0.25) is 0 Å². The molecular formula is C20H15F3N4O. The van der Waals surface area contributed by atoms with E-state index in [1.807, 2.05) is 36.4 Å². The summed E-state index contributed by atoms with van der Waals surface area (Å²) in [5.74, 6) is 0.574. The van der Waals surface area contributed by atoms with Gasteiger partial charge in [-0.1, -0.05) is 24.3 Å². The Bertz CT molecular complexity index is 1030. The van der Waals surface area contributed by atoms with E-state index in [1.54, 1.807) is 6.08 Å². The predicted molar refractivity (Wildman–Crippen MR) is 96.4 cm³/mol. The average Bonchev–Trinajstić information content (AvgIpc) is 3.31. The Morgan fingerprint density at radius 2 is 2.07 bits per heavy atom. The Balaban J connectivity index is 1.62. The van der Waals surface area contributed by atoms with Crippen LogP contribution in [-0.4, -0.2) is 11.5 Å². The van der Waals surface area contributed by atoms with Crippen molar-refractivity contribution < 1.29 is 17.6 Å². The molecule has 0 spiro atoms. The van der Waals surface area contributed by atoms with E-state index in [2.05, 4.69) is 15.8 Å². The van der Waals surface area contributed by atoms with Crippen molar-refractivity contribution in [3.63, 3.8) is 0 Å². The monoisotopic (exact) mass is 384 g/mol. The van der Waals surface area contributed by atoms with Gasteiger partial charge in [-0.3, -0.25) is 10.4 Å². The zero-order valence-corrected chi connectivity index (χ0v) is 14.5. The van der Waals surface area contributed by atoms with E-state index in [9.17, 15) is 18.4 Å². The highest BCUT2D eigenvalue weighted by Crippen LogP contribution is 2.33. The van der Waals surface area contributed by atoms with Gasteiger partial charge in [-0.2, -0.15) is 18.4 Å². The molecule has 2 aromatic heterocycles. The third-order valence-corrected chi connectivity index (χ3v) is 4.64. The maximum absolute atomic E-state index is 12.7. The first-order valence-corrected chi connectivity index (χ1v) is 8.58. The second kappa shape index (κ2) is 7.11. The molecule has 1 aliphatic heterocycles. The van der Waals surface area contributed by atoms with Crippen LogP contribution in [0, 0.1) is 17.2 Å². The molecule has 1 aliphatic rings. The summed E-state index contributed by atoms with van der Waals surface area (Å²) >= 11 is 0. The van der Waals surface area contributed by atoms with Gasteiger partial charge < -0.3 is 4.42 Å². The van der Waals surface area contributed by atoms with Crippen molar-refractivity contribution in [2.24, 2.45) is 5.92 Å².